The van der Waals surface area contributed by atoms with Crippen LogP contribution in [0.3, 0.4) is 0 Å². The van der Waals surface area contributed by atoms with E-state index < -0.39 is 22.8 Å². The highest BCUT2D eigenvalue weighted by atomic mass is 16.6. The van der Waals surface area contributed by atoms with Gasteiger partial charge in [-0.2, -0.15) is 0 Å². The fourth-order valence-corrected chi connectivity index (χ4v) is 2.07. The number of amides is 1. The van der Waals surface area contributed by atoms with E-state index in [1.807, 2.05) is 13.8 Å². The Morgan fingerprint density at radius 1 is 1.36 bits per heavy atom. The van der Waals surface area contributed by atoms with E-state index in [1.54, 1.807) is 6.92 Å². The number of benzene rings is 1. The number of hydrogen-bond acceptors (Lipinski definition) is 5. The molecule has 1 aromatic rings. The first-order valence-electron chi connectivity index (χ1n) is 6.90. The van der Waals surface area contributed by atoms with Gasteiger partial charge in [0.2, 0.25) is 0 Å². The average Bonchev–Trinajstić information content (AvgIpc) is 2.44. The summed E-state index contributed by atoms with van der Waals surface area (Å²) in [7, 11) is 1.26. The zero-order valence-corrected chi connectivity index (χ0v) is 13.1. The van der Waals surface area contributed by atoms with Gasteiger partial charge in [-0.25, -0.2) is 4.79 Å². The molecule has 120 valence electrons. The molecule has 0 saturated carbocycles. The number of rotatable bonds is 6. The van der Waals surface area contributed by atoms with Gasteiger partial charge in [-0.1, -0.05) is 13.8 Å². The maximum atomic E-state index is 12.2. The van der Waals surface area contributed by atoms with Gasteiger partial charge in [0.1, 0.15) is 6.04 Å². The van der Waals surface area contributed by atoms with Gasteiger partial charge in [-0.05, 0) is 31.4 Å². The summed E-state index contributed by atoms with van der Waals surface area (Å²) in [4.78, 5) is 34.2. The lowest BCUT2D eigenvalue weighted by Gasteiger charge is -2.18. The summed E-state index contributed by atoms with van der Waals surface area (Å²) in [5, 5.41) is 13.4. The Morgan fingerprint density at radius 3 is 2.45 bits per heavy atom. The second-order valence-electron chi connectivity index (χ2n) is 5.44. The van der Waals surface area contributed by atoms with Crippen molar-refractivity contribution in [2.75, 3.05) is 7.11 Å². The molecule has 7 nitrogen and oxygen atoms in total. The van der Waals surface area contributed by atoms with Gasteiger partial charge in [0.05, 0.1) is 12.0 Å². The van der Waals surface area contributed by atoms with Gasteiger partial charge in [0.25, 0.3) is 11.6 Å². The van der Waals surface area contributed by atoms with Crippen LogP contribution in [0.5, 0.6) is 0 Å². The molecule has 22 heavy (non-hydrogen) atoms. The van der Waals surface area contributed by atoms with E-state index in [9.17, 15) is 19.7 Å². The van der Waals surface area contributed by atoms with Crippen molar-refractivity contribution >= 4 is 17.6 Å². The van der Waals surface area contributed by atoms with Crippen LogP contribution in [0.1, 0.15) is 36.2 Å². The summed E-state index contributed by atoms with van der Waals surface area (Å²) in [6, 6.07) is 3.33. The first kappa shape index (κ1) is 17.6. The average molecular weight is 308 g/mol. The third-order valence-corrected chi connectivity index (χ3v) is 3.15. The number of nitro benzene ring substituents is 1. The Bertz CT molecular complexity index is 583. The summed E-state index contributed by atoms with van der Waals surface area (Å²) in [5.74, 6) is -0.780. The molecule has 0 radical (unpaired) electrons. The lowest BCUT2D eigenvalue weighted by Crippen LogP contribution is -2.42. The molecule has 1 rings (SSSR count). The maximum absolute atomic E-state index is 12.2. The number of nitrogens with zero attached hydrogens (tertiary/aromatic N) is 1. The number of methoxy groups -OCH3 is 1. The van der Waals surface area contributed by atoms with E-state index in [0.29, 0.717) is 12.0 Å². The Kier molecular flexibility index (Phi) is 6.03. The standard InChI is InChI=1S/C15H20N2O5/c1-9(2)7-12(15(19)22-4)16-14(18)11-5-6-13(17(20)21)10(3)8-11/h5-6,8-9,12H,7H2,1-4H3,(H,16,18)/t12-/m0/s1. The molecular formula is C15H20N2O5. The van der Waals surface area contributed by atoms with Crippen molar-refractivity contribution in [2.45, 2.75) is 33.2 Å². The molecule has 1 N–H and O–H groups in total. The smallest absolute Gasteiger partial charge is 0.328 e. The fourth-order valence-electron chi connectivity index (χ4n) is 2.07. The van der Waals surface area contributed by atoms with E-state index in [-0.39, 0.29) is 17.2 Å². The van der Waals surface area contributed by atoms with Gasteiger partial charge in [0, 0.05) is 17.2 Å². The largest absolute Gasteiger partial charge is 0.467 e. The van der Waals surface area contributed by atoms with Crippen LogP contribution in [0.4, 0.5) is 5.69 Å². The number of carbonyl (C=O) groups is 2. The molecule has 0 heterocycles. The number of nitrogens with one attached hydrogen (secondary N) is 1. The number of carbonyl (C=O) groups excluding carboxylic acids is 2. The highest BCUT2D eigenvalue weighted by molar-refractivity contribution is 5.97. The summed E-state index contributed by atoms with van der Waals surface area (Å²) in [6.07, 6.45) is 0.449. The lowest BCUT2D eigenvalue weighted by molar-refractivity contribution is -0.385. The normalized spacial score (nSPS) is 11.9. The first-order valence-corrected chi connectivity index (χ1v) is 6.90. The van der Waals surface area contributed by atoms with Crippen LogP contribution in [-0.4, -0.2) is 30.0 Å². The predicted molar refractivity (Wildman–Crippen MR) is 80.6 cm³/mol. The molecule has 0 unspecified atom stereocenters. The van der Waals surface area contributed by atoms with Crippen LogP contribution in [0.2, 0.25) is 0 Å². The summed E-state index contributed by atoms with van der Waals surface area (Å²) < 4.78 is 4.68. The number of nitro groups is 1. The Labute approximate surface area is 128 Å². The molecule has 1 amide bonds. The molecule has 0 saturated heterocycles. The summed E-state index contributed by atoms with van der Waals surface area (Å²) in [6.45, 7) is 5.41. The van der Waals surface area contributed by atoms with Crippen molar-refractivity contribution in [2.24, 2.45) is 5.92 Å². The van der Waals surface area contributed by atoms with Crippen molar-refractivity contribution in [3.63, 3.8) is 0 Å². The molecule has 0 aliphatic heterocycles. The topological polar surface area (TPSA) is 98.5 Å². The Morgan fingerprint density at radius 2 is 2.00 bits per heavy atom. The van der Waals surface area contributed by atoms with Crippen LogP contribution in [-0.2, 0) is 9.53 Å². The molecular weight excluding hydrogens is 288 g/mol. The number of esters is 1. The van der Waals surface area contributed by atoms with E-state index in [0.717, 1.165) is 0 Å². The Hall–Kier alpha value is -2.44. The van der Waals surface area contributed by atoms with Crippen LogP contribution in [0.25, 0.3) is 0 Å². The Balaban J connectivity index is 2.92. The predicted octanol–water partition coefficient (Wildman–Crippen LogP) is 2.22. The van der Waals surface area contributed by atoms with Crippen molar-refractivity contribution in [3.8, 4) is 0 Å². The van der Waals surface area contributed by atoms with Gasteiger partial charge in [0.15, 0.2) is 0 Å². The van der Waals surface area contributed by atoms with E-state index >= 15 is 0 Å². The highest BCUT2D eigenvalue weighted by Gasteiger charge is 2.23. The van der Waals surface area contributed by atoms with Crippen LogP contribution < -0.4 is 5.32 Å². The molecule has 7 heteroatoms. The van der Waals surface area contributed by atoms with E-state index in [2.05, 4.69) is 10.1 Å². The second-order valence-corrected chi connectivity index (χ2v) is 5.44. The molecule has 0 aliphatic rings. The minimum absolute atomic E-state index is 0.0525. The molecule has 1 aromatic carbocycles. The van der Waals surface area contributed by atoms with Gasteiger partial charge >= 0.3 is 5.97 Å². The van der Waals surface area contributed by atoms with Crippen molar-refractivity contribution in [1.82, 2.24) is 5.32 Å². The van der Waals surface area contributed by atoms with Gasteiger partial charge < -0.3 is 10.1 Å². The minimum Gasteiger partial charge on any atom is -0.467 e. The number of ether oxygens (including phenoxy) is 1. The fraction of sp³-hybridized carbons (Fsp3) is 0.467. The van der Waals surface area contributed by atoms with Crippen molar-refractivity contribution in [3.05, 3.63) is 39.4 Å². The minimum atomic E-state index is -0.743. The third-order valence-electron chi connectivity index (χ3n) is 3.15. The molecule has 0 fully saturated rings. The zero-order valence-electron chi connectivity index (χ0n) is 13.1. The second kappa shape index (κ2) is 7.53. The molecule has 0 aliphatic carbocycles. The zero-order chi connectivity index (χ0) is 16.9. The summed E-state index contributed by atoms with van der Waals surface area (Å²) >= 11 is 0. The monoisotopic (exact) mass is 308 g/mol. The summed E-state index contributed by atoms with van der Waals surface area (Å²) in [5.41, 5.74) is 0.597. The maximum Gasteiger partial charge on any atom is 0.328 e. The van der Waals surface area contributed by atoms with E-state index in [4.69, 9.17) is 0 Å². The number of hydrogen-bond donors (Lipinski definition) is 1. The van der Waals surface area contributed by atoms with Gasteiger partial charge in [-0.3, -0.25) is 14.9 Å². The van der Waals surface area contributed by atoms with Crippen molar-refractivity contribution in [1.29, 1.82) is 0 Å². The number of aryl methyl sites for hydroxylation is 1. The third kappa shape index (κ3) is 4.54. The quantitative estimate of drug-likeness (QED) is 0.493. The highest BCUT2D eigenvalue weighted by Crippen LogP contribution is 2.19. The molecule has 0 aromatic heterocycles. The van der Waals surface area contributed by atoms with Crippen LogP contribution in [0.15, 0.2) is 18.2 Å². The molecule has 0 bridgehead atoms. The van der Waals surface area contributed by atoms with E-state index in [1.165, 1.54) is 25.3 Å². The van der Waals surface area contributed by atoms with Crippen LogP contribution in [0, 0.1) is 23.0 Å². The SMILES string of the molecule is COC(=O)[C@H](CC(C)C)NC(=O)c1ccc([N+](=O)[O-])c(C)c1. The van der Waals surface area contributed by atoms with Crippen molar-refractivity contribution < 1.29 is 19.2 Å². The van der Waals surface area contributed by atoms with Gasteiger partial charge in [-0.15, -0.1) is 0 Å². The van der Waals surface area contributed by atoms with Crippen LogP contribution >= 0.6 is 0 Å². The molecule has 0 spiro atoms. The lowest BCUT2D eigenvalue weighted by atomic mass is 10.0. The first-order chi connectivity index (χ1) is 10.3. The molecule has 1 atom stereocenters.